The molecule has 2 aliphatic carbocycles. The zero-order chi connectivity index (χ0) is 19.9. The third kappa shape index (κ3) is 2.93. The molecular formula is C22H25N3O3. The zero-order valence-corrected chi connectivity index (χ0v) is 16.1. The standard InChI is InChI=1S/C22H25N3O3/c1-14-10-13-25(17-9-5-7-15-6-4-8-16(15)17)20(27)18(14)19(26)24-22(21(23)28)11-2-3-12-22/h5,7,9-10,13H,2-4,6,8,11-12H2,1H3,(H2,23,28)(H,24,26). The van der Waals surface area contributed by atoms with Crippen LogP contribution in [0.5, 0.6) is 0 Å². The van der Waals surface area contributed by atoms with E-state index in [1.165, 1.54) is 11.1 Å². The molecule has 0 atom stereocenters. The Morgan fingerprint density at radius 1 is 1.11 bits per heavy atom. The van der Waals surface area contributed by atoms with E-state index in [4.69, 9.17) is 5.73 Å². The predicted octanol–water partition coefficient (Wildman–Crippen LogP) is 2.16. The molecular weight excluding hydrogens is 354 g/mol. The molecule has 6 nitrogen and oxygen atoms in total. The third-order valence-corrected chi connectivity index (χ3v) is 6.19. The van der Waals surface area contributed by atoms with Crippen LogP contribution < -0.4 is 16.6 Å². The highest BCUT2D eigenvalue weighted by atomic mass is 16.2. The third-order valence-electron chi connectivity index (χ3n) is 6.19. The van der Waals surface area contributed by atoms with Gasteiger partial charge in [0.15, 0.2) is 0 Å². The number of carbonyl (C=O) groups excluding carboxylic acids is 2. The number of aromatic nitrogens is 1. The van der Waals surface area contributed by atoms with Gasteiger partial charge < -0.3 is 11.1 Å². The second kappa shape index (κ2) is 6.93. The number of nitrogens with zero attached hydrogens (tertiary/aromatic N) is 1. The van der Waals surface area contributed by atoms with Gasteiger partial charge in [0.2, 0.25) is 5.91 Å². The summed E-state index contributed by atoms with van der Waals surface area (Å²) >= 11 is 0. The van der Waals surface area contributed by atoms with E-state index in [1.54, 1.807) is 23.8 Å². The molecule has 2 aliphatic rings. The average molecular weight is 379 g/mol. The van der Waals surface area contributed by atoms with Gasteiger partial charge in [-0.2, -0.15) is 0 Å². The lowest BCUT2D eigenvalue weighted by molar-refractivity contribution is -0.123. The first-order valence-corrected chi connectivity index (χ1v) is 9.89. The van der Waals surface area contributed by atoms with Gasteiger partial charge in [0.1, 0.15) is 11.1 Å². The van der Waals surface area contributed by atoms with Crippen molar-refractivity contribution in [2.75, 3.05) is 0 Å². The largest absolute Gasteiger partial charge is 0.368 e. The van der Waals surface area contributed by atoms with Crippen LogP contribution in [0.4, 0.5) is 0 Å². The molecule has 1 aromatic carbocycles. The number of amides is 2. The second-order valence-electron chi connectivity index (χ2n) is 7.92. The Balaban J connectivity index is 1.76. The number of benzene rings is 1. The van der Waals surface area contributed by atoms with Crippen molar-refractivity contribution >= 4 is 11.8 Å². The van der Waals surface area contributed by atoms with Crippen LogP contribution >= 0.6 is 0 Å². The van der Waals surface area contributed by atoms with E-state index < -0.39 is 17.4 Å². The highest BCUT2D eigenvalue weighted by molar-refractivity contribution is 5.99. The van der Waals surface area contributed by atoms with Crippen LogP contribution in [0.3, 0.4) is 0 Å². The normalized spacial score (nSPS) is 17.3. The average Bonchev–Trinajstić information content (AvgIpc) is 3.31. The SMILES string of the molecule is Cc1ccn(-c2cccc3c2CCC3)c(=O)c1C(=O)NC1(C(N)=O)CCCC1. The first-order valence-electron chi connectivity index (χ1n) is 9.89. The van der Waals surface area contributed by atoms with Crippen molar-refractivity contribution in [2.24, 2.45) is 5.73 Å². The highest BCUT2D eigenvalue weighted by Gasteiger charge is 2.41. The molecule has 1 heterocycles. The Bertz CT molecular complexity index is 1020. The summed E-state index contributed by atoms with van der Waals surface area (Å²) in [5.41, 5.74) is 8.09. The maximum atomic E-state index is 13.3. The maximum absolute atomic E-state index is 13.3. The summed E-state index contributed by atoms with van der Waals surface area (Å²) in [7, 11) is 0. The number of fused-ring (bicyclic) bond motifs is 1. The Morgan fingerprint density at radius 2 is 1.86 bits per heavy atom. The van der Waals surface area contributed by atoms with Gasteiger partial charge in [0.25, 0.3) is 11.5 Å². The molecule has 0 saturated heterocycles. The lowest BCUT2D eigenvalue weighted by atomic mass is 9.95. The summed E-state index contributed by atoms with van der Waals surface area (Å²) in [5, 5.41) is 2.79. The first-order chi connectivity index (χ1) is 13.4. The van der Waals surface area contributed by atoms with E-state index in [0.29, 0.717) is 18.4 Å². The van der Waals surface area contributed by atoms with E-state index in [9.17, 15) is 14.4 Å². The monoisotopic (exact) mass is 379 g/mol. The van der Waals surface area contributed by atoms with Gasteiger partial charge in [-0.25, -0.2) is 0 Å². The fourth-order valence-electron chi connectivity index (χ4n) is 4.61. The van der Waals surface area contributed by atoms with Gasteiger partial charge in [-0.05, 0) is 67.9 Å². The molecule has 0 radical (unpaired) electrons. The van der Waals surface area contributed by atoms with Crippen molar-refractivity contribution in [2.45, 2.75) is 57.4 Å². The van der Waals surface area contributed by atoms with E-state index in [1.807, 2.05) is 12.1 Å². The number of primary amides is 1. The molecule has 4 rings (SSSR count). The molecule has 1 saturated carbocycles. The van der Waals surface area contributed by atoms with Gasteiger partial charge in [0.05, 0.1) is 5.69 Å². The number of hydrogen-bond donors (Lipinski definition) is 2. The van der Waals surface area contributed by atoms with Crippen molar-refractivity contribution in [1.82, 2.24) is 9.88 Å². The maximum Gasteiger partial charge on any atom is 0.268 e. The van der Waals surface area contributed by atoms with Crippen molar-refractivity contribution in [3.63, 3.8) is 0 Å². The smallest absolute Gasteiger partial charge is 0.268 e. The molecule has 3 N–H and O–H groups in total. The summed E-state index contributed by atoms with van der Waals surface area (Å²) in [5.74, 6) is -1.06. The van der Waals surface area contributed by atoms with Gasteiger partial charge in [-0.3, -0.25) is 19.0 Å². The van der Waals surface area contributed by atoms with E-state index in [2.05, 4.69) is 11.4 Å². The van der Waals surface area contributed by atoms with Crippen molar-refractivity contribution in [3.8, 4) is 5.69 Å². The van der Waals surface area contributed by atoms with Crippen molar-refractivity contribution in [1.29, 1.82) is 0 Å². The molecule has 1 aromatic heterocycles. The number of aryl methyl sites for hydroxylation is 2. The van der Waals surface area contributed by atoms with E-state index in [0.717, 1.165) is 37.8 Å². The van der Waals surface area contributed by atoms with Gasteiger partial charge >= 0.3 is 0 Å². The van der Waals surface area contributed by atoms with Gasteiger partial charge in [-0.15, -0.1) is 0 Å². The van der Waals surface area contributed by atoms with Crippen molar-refractivity contribution < 1.29 is 9.59 Å². The molecule has 0 aliphatic heterocycles. The summed E-state index contributed by atoms with van der Waals surface area (Å²) in [6.45, 7) is 1.74. The van der Waals surface area contributed by atoms with Gasteiger partial charge in [-0.1, -0.05) is 25.0 Å². The number of nitrogens with one attached hydrogen (secondary N) is 1. The molecule has 146 valence electrons. The van der Waals surface area contributed by atoms with Crippen LogP contribution in [-0.2, 0) is 17.6 Å². The number of rotatable bonds is 4. The molecule has 0 bridgehead atoms. The molecule has 0 spiro atoms. The van der Waals surface area contributed by atoms with Crippen LogP contribution in [0.15, 0.2) is 35.3 Å². The van der Waals surface area contributed by atoms with Crippen LogP contribution in [0.25, 0.3) is 5.69 Å². The van der Waals surface area contributed by atoms with E-state index in [-0.39, 0.29) is 11.1 Å². The number of hydrogen-bond acceptors (Lipinski definition) is 3. The lowest BCUT2D eigenvalue weighted by Crippen LogP contribution is -2.56. The summed E-state index contributed by atoms with van der Waals surface area (Å²) in [6.07, 6.45) is 7.43. The summed E-state index contributed by atoms with van der Waals surface area (Å²) in [4.78, 5) is 38.3. The number of carbonyl (C=O) groups is 2. The summed E-state index contributed by atoms with van der Waals surface area (Å²) in [6, 6.07) is 7.74. The van der Waals surface area contributed by atoms with E-state index >= 15 is 0 Å². The number of nitrogens with two attached hydrogens (primary N) is 1. The van der Waals surface area contributed by atoms with Crippen LogP contribution in [0.2, 0.25) is 0 Å². The molecule has 6 heteroatoms. The van der Waals surface area contributed by atoms with Gasteiger partial charge in [0, 0.05) is 6.20 Å². The highest BCUT2D eigenvalue weighted by Crippen LogP contribution is 2.30. The minimum atomic E-state index is -1.05. The fraction of sp³-hybridized carbons (Fsp3) is 0.409. The minimum absolute atomic E-state index is 0.0747. The molecule has 28 heavy (non-hydrogen) atoms. The first kappa shape index (κ1) is 18.5. The molecule has 0 unspecified atom stereocenters. The Hall–Kier alpha value is -2.89. The Kier molecular flexibility index (Phi) is 4.57. The second-order valence-corrected chi connectivity index (χ2v) is 7.92. The quantitative estimate of drug-likeness (QED) is 0.852. The topological polar surface area (TPSA) is 94.2 Å². The molecule has 2 aromatic rings. The predicted molar refractivity (Wildman–Crippen MR) is 107 cm³/mol. The number of pyridine rings is 1. The van der Waals surface area contributed by atoms with Crippen LogP contribution in [0.1, 0.15) is 59.2 Å². The fourth-order valence-corrected chi connectivity index (χ4v) is 4.61. The van der Waals surface area contributed by atoms with Crippen molar-refractivity contribution in [3.05, 3.63) is 63.1 Å². The van der Waals surface area contributed by atoms with Crippen LogP contribution in [0, 0.1) is 6.92 Å². The minimum Gasteiger partial charge on any atom is -0.368 e. The Labute approximate surface area is 163 Å². The van der Waals surface area contributed by atoms with Crippen LogP contribution in [-0.4, -0.2) is 21.9 Å². The Morgan fingerprint density at radius 3 is 2.57 bits per heavy atom. The summed E-state index contributed by atoms with van der Waals surface area (Å²) < 4.78 is 1.55. The lowest BCUT2D eigenvalue weighted by Gasteiger charge is -2.27. The molecule has 1 fully saturated rings. The zero-order valence-electron chi connectivity index (χ0n) is 16.1. The molecule has 2 amide bonds.